The first-order valence-corrected chi connectivity index (χ1v) is 9.43. The number of halogens is 1. The van der Waals surface area contributed by atoms with Crippen LogP contribution in [-0.2, 0) is 4.43 Å². The summed E-state index contributed by atoms with van der Waals surface area (Å²) >= 11 is 2.34. The lowest BCUT2D eigenvalue weighted by Crippen LogP contribution is -2.47. The second kappa shape index (κ2) is 7.16. The molecule has 0 aromatic rings. The van der Waals surface area contributed by atoms with Crippen molar-refractivity contribution < 1.29 is 4.43 Å². The quantitative estimate of drug-likeness (QED) is 0.451. The third-order valence-corrected chi connectivity index (χ3v) is 9.93. The van der Waals surface area contributed by atoms with Crippen LogP contribution in [0.15, 0.2) is 9.66 Å². The van der Waals surface area contributed by atoms with E-state index >= 15 is 0 Å². The van der Waals surface area contributed by atoms with Crippen LogP contribution in [0.5, 0.6) is 0 Å². The molecule has 0 N–H and O–H groups in total. The first-order valence-electron chi connectivity index (χ1n) is 6.21. The van der Waals surface area contributed by atoms with Crippen molar-refractivity contribution in [3.63, 3.8) is 0 Å². The molecule has 3 heteroatoms. The molecule has 0 saturated heterocycles. The topological polar surface area (TPSA) is 9.23 Å². The zero-order chi connectivity index (χ0) is 12.9. The summed E-state index contributed by atoms with van der Waals surface area (Å²) in [5.41, 5.74) is 2.03. The van der Waals surface area contributed by atoms with E-state index in [1.165, 1.54) is 3.58 Å². The molecule has 0 saturated carbocycles. The van der Waals surface area contributed by atoms with Gasteiger partial charge in [0, 0.05) is 0 Å². The van der Waals surface area contributed by atoms with Gasteiger partial charge < -0.3 is 4.43 Å². The lowest BCUT2D eigenvalue weighted by atomic mass is 10.5. The Morgan fingerprint density at radius 3 is 1.69 bits per heavy atom. The molecular weight excluding hydrogens is 327 g/mol. The minimum absolute atomic E-state index is 0.676. The predicted octanol–water partition coefficient (Wildman–Crippen LogP) is 5.52. The molecule has 0 rings (SSSR count). The minimum Gasteiger partial charge on any atom is -0.412 e. The van der Waals surface area contributed by atoms with Crippen LogP contribution in [-0.4, -0.2) is 14.9 Å². The van der Waals surface area contributed by atoms with Gasteiger partial charge in [-0.2, -0.15) is 0 Å². The van der Waals surface area contributed by atoms with Gasteiger partial charge in [-0.05, 0) is 49.7 Å². The van der Waals surface area contributed by atoms with Gasteiger partial charge >= 0.3 is 0 Å². The van der Waals surface area contributed by atoms with E-state index in [-0.39, 0.29) is 0 Å². The number of hydrogen-bond acceptors (Lipinski definition) is 1. The monoisotopic (exact) mass is 354 g/mol. The van der Waals surface area contributed by atoms with Crippen molar-refractivity contribution in [2.24, 2.45) is 0 Å². The summed E-state index contributed by atoms with van der Waals surface area (Å²) < 4.78 is 7.70. The molecule has 1 nitrogen and oxygen atoms in total. The Hall–Kier alpha value is 0.647. The third-order valence-electron chi connectivity index (χ3n) is 3.41. The number of rotatable bonds is 6. The average Bonchev–Trinajstić information content (AvgIpc) is 2.09. The van der Waals surface area contributed by atoms with Crippen molar-refractivity contribution in [1.82, 2.24) is 0 Å². The second-order valence-corrected chi connectivity index (χ2v) is 12.6. The van der Waals surface area contributed by atoms with Gasteiger partial charge in [-0.3, -0.25) is 0 Å². The maximum atomic E-state index is 6.38. The van der Waals surface area contributed by atoms with E-state index < -0.39 is 8.32 Å². The lowest BCUT2D eigenvalue weighted by Gasteiger charge is -2.41. The van der Waals surface area contributed by atoms with Gasteiger partial charge in [0.1, 0.15) is 0 Å². The first-order chi connectivity index (χ1) is 7.25. The molecule has 0 spiro atoms. The smallest absolute Gasteiger partial charge is 0.200 e. The summed E-state index contributed by atoms with van der Waals surface area (Å²) in [6.45, 7) is 16.9. The molecule has 0 aliphatic rings. The van der Waals surface area contributed by atoms with E-state index in [9.17, 15) is 0 Å². The van der Waals surface area contributed by atoms with Gasteiger partial charge in [0.25, 0.3) is 0 Å². The molecule has 0 aromatic heterocycles. The maximum absolute atomic E-state index is 6.38. The fourth-order valence-corrected chi connectivity index (χ4v) is 8.35. The fraction of sp³-hybridized carbons (Fsp3) is 0.846. The van der Waals surface area contributed by atoms with E-state index in [4.69, 9.17) is 4.43 Å². The second-order valence-electron chi connectivity index (χ2n) is 5.42. The Kier molecular flexibility index (Phi) is 7.45. The van der Waals surface area contributed by atoms with Gasteiger partial charge in [0.2, 0.25) is 8.32 Å². The molecule has 0 radical (unpaired) electrons. The van der Waals surface area contributed by atoms with Crippen LogP contribution < -0.4 is 0 Å². The molecule has 0 atom stereocenters. The van der Waals surface area contributed by atoms with E-state index in [1.54, 1.807) is 0 Å². The van der Waals surface area contributed by atoms with Crippen molar-refractivity contribution in [2.75, 3.05) is 6.61 Å². The summed E-state index contributed by atoms with van der Waals surface area (Å²) in [5.74, 6) is 0. The summed E-state index contributed by atoms with van der Waals surface area (Å²) in [6, 6.07) is 0. The Morgan fingerprint density at radius 2 is 1.44 bits per heavy atom. The van der Waals surface area contributed by atoms with Crippen LogP contribution in [0.1, 0.15) is 48.5 Å². The van der Waals surface area contributed by atoms with Crippen molar-refractivity contribution in [2.45, 2.75) is 65.1 Å². The molecule has 0 heterocycles. The van der Waals surface area contributed by atoms with Gasteiger partial charge in [-0.15, -0.1) is 0 Å². The maximum Gasteiger partial charge on any atom is 0.200 e. The molecule has 0 unspecified atom stereocenters. The molecular formula is C13H27IOSi. The molecule has 0 fully saturated rings. The van der Waals surface area contributed by atoms with E-state index in [2.05, 4.69) is 77.1 Å². The molecule has 96 valence electrons. The summed E-state index contributed by atoms with van der Waals surface area (Å²) in [5, 5.41) is 0. The first kappa shape index (κ1) is 16.6. The standard InChI is InChI=1S/C13H27IOSi/c1-10(2)16(11(3)4,12(5)6)15-9-8-13(7)14/h8,10-12H,9H2,1-7H3/b13-8+. The molecule has 0 aromatic carbocycles. The van der Waals surface area contributed by atoms with Crippen LogP contribution in [0.25, 0.3) is 0 Å². The zero-order valence-corrected chi connectivity index (χ0v) is 15.0. The van der Waals surface area contributed by atoms with Crippen LogP contribution in [0.4, 0.5) is 0 Å². The van der Waals surface area contributed by atoms with Crippen molar-refractivity contribution in [3.8, 4) is 0 Å². The van der Waals surface area contributed by atoms with Crippen molar-refractivity contribution >= 4 is 30.9 Å². The van der Waals surface area contributed by atoms with Crippen molar-refractivity contribution in [1.29, 1.82) is 0 Å². The van der Waals surface area contributed by atoms with E-state index in [1.807, 2.05) is 0 Å². The highest BCUT2D eigenvalue weighted by Gasteiger charge is 2.44. The Labute approximate surface area is 116 Å². The normalized spacial score (nSPS) is 14.3. The van der Waals surface area contributed by atoms with E-state index in [0.29, 0.717) is 16.6 Å². The molecule has 16 heavy (non-hydrogen) atoms. The fourth-order valence-electron chi connectivity index (χ4n) is 2.80. The van der Waals surface area contributed by atoms with Crippen LogP contribution >= 0.6 is 22.6 Å². The van der Waals surface area contributed by atoms with Crippen LogP contribution in [0, 0.1) is 0 Å². The summed E-state index contributed by atoms with van der Waals surface area (Å²) in [4.78, 5) is 0. The summed E-state index contributed by atoms with van der Waals surface area (Å²) in [7, 11) is -1.64. The Morgan fingerprint density at radius 1 is 1.06 bits per heavy atom. The van der Waals surface area contributed by atoms with Gasteiger partial charge in [-0.25, -0.2) is 0 Å². The van der Waals surface area contributed by atoms with Crippen LogP contribution in [0.3, 0.4) is 0 Å². The Balaban J connectivity index is 4.84. The minimum atomic E-state index is -1.64. The Bertz CT molecular complexity index is 208. The lowest BCUT2D eigenvalue weighted by molar-refractivity contribution is 0.316. The molecule has 0 amide bonds. The molecule has 0 aliphatic heterocycles. The number of allylic oxidation sites excluding steroid dienone is 1. The molecule has 0 aliphatic carbocycles. The van der Waals surface area contributed by atoms with Gasteiger partial charge in [0.05, 0.1) is 6.61 Å². The van der Waals surface area contributed by atoms with Crippen LogP contribution in [0.2, 0.25) is 16.6 Å². The average molecular weight is 354 g/mol. The number of hydrogen-bond donors (Lipinski definition) is 0. The largest absolute Gasteiger partial charge is 0.412 e. The van der Waals surface area contributed by atoms with E-state index in [0.717, 1.165) is 6.61 Å². The zero-order valence-electron chi connectivity index (χ0n) is 11.8. The highest BCUT2D eigenvalue weighted by molar-refractivity contribution is 14.1. The summed E-state index contributed by atoms with van der Waals surface area (Å²) in [6.07, 6.45) is 2.19. The highest BCUT2D eigenvalue weighted by atomic mass is 127. The molecule has 0 bridgehead atoms. The highest BCUT2D eigenvalue weighted by Crippen LogP contribution is 2.42. The van der Waals surface area contributed by atoms with Gasteiger partial charge in [0.15, 0.2) is 0 Å². The SMILES string of the molecule is C/C(I)=C\CO[Si](C(C)C)(C(C)C)C(C)C. The van der Waals surface area contributed by atoms with Gasteiger partial charge in [-0.1, -0.05) is 47.6 Å². The third kappa shape index (κ3) is 4.15. The predicted molar refractivity (Wildman–Crippen MR) is 84.8 cm³/mol. The van der Waals surface area contributed by atoms with Crippen molar-refractivity contribution in [3.05, 3.63) is 9.66 Å².